The minimum Gasteiger partial charge on any atom is -0.493 e. The lowest BCUT2D eigenvalue weighted by Gasteiger charge is -2.28. The van der Waals surface area contributed by atoms with Gasteiger partial charge in [-0.15, -0.1) is 0 Å². The molecule has 0 unspecified atom stereocenters. The van der Waals surface area contributed by atoms with Crippen LogP contribution in [-0.2, 0) is 0 Å². The summed E-state index contributed by atoms with van der Waals surface area (Å²) in [5, 5.41) is 11.5. The van der Waals surface area contributed by atoms with Crippen LogP contribution in [0.1, 0.15) is 27.5 Å². The van der Waals surface area contributed by atoms with Crippen LogP contribution in [0, 0.1) is 0 Å². The van der Waals surface area contributed by atoms with Gasteiger partial charge in [0.25, 0.3) is 5.91 Å². The zero-order valence-electron chi connectivity index (χ0n) is 15.4. The molecule has 2 heterocycles. The normalized spacial score (nSPS) is 10.8. The number of nitrogens with zero attached hydrogens (tertiary/aromatic N) is 3. The van der Waals surface area contributed by atoms with E-state index < -0.39 is 17.8 Å². The van der Waals surface area contributed by atoms with Crippen molar-refractivity contribution in [2.45, 2.75) is 6.04 Å². The second-order valence-electron chi connectivity index (χ2n) is 6.45. The van der Waals surface area contributed by atoms with E-state index in [1.54, 1.807) is 18.3 Å². The fraction of sp³-hybridized carbons (Fsp3) is 0.0455. The molecular formula is C22H19N5O2. The highest BCUT2D eigenvalue weighted by Crippen LogP contribution is 2.29. The van der Waals surface area contributed by atoms with E-state index in [1.807, 2.05) is 60.7 Å². The number of rotatable bonds is 5. The lowest BCUT2D eigenvalue weighted by molar-refractivity contribution is 0.0701. The number of carbonyl (C=O) groups excluding carboxylic acids is 1. The van der Waals surface area contributed by atoms with Crippen LogP contribution in [-0.4, -0.2) is 31.0 Å². The van der Waals surface area contributed by atoms with Crippen LogP contribution in [0.4, 0.5) is 0 Å². The molecule has 4 aromatic rings. The van der Waals surface area contributed by atoms with Gasteiger partial charge in [0.05, 0.1) is 11.7 Å². The van der Waals surface area contributed by atoms with Gasteiger partial charge in [0.1, 0.15) is 5.56 Å². The summed E-state index contributed by atoms with van der Waals surface area (Å²) in [6, 6.07) is 22.0. The molecule has 0 fully saturated rings. The third kappa shape index (κ3) is 3.71. The lowest BCUT2D eigenvalue weighted by atomic mass is 9.98. The Hall–Kier alpha value is -3.97. The maximum absolute atomic E-state index is 13.1. The summed E-state index contributed by atoms with van der Waals surface area (Å²) in [5.74, 6) is 5.55. The van der Waals surface area contributed by atoms with Gasteiger partial charge in [-0.2, -0.15) is 4.98 Å². The number of aromatic nitrogens is 3. The first kappa shape index (κ1) is 18.4. The summed E-state index contributed by atoms with van der Waals surface area (Å²) < 4.78 is 0. The van der Waals surface area contributed by atoms with Crippen molar-refractivity contribution < 1.29 is 9.90 Å². The van der Waals surface area contributed by atoms with E-state index in [9.17, 15) is 9.90 Å². The second kappa shape index (κ2) is 7.95. The van der Waals surface area contributed by atoms with Crippen LogP contribution >= 0.6 is 0 Å². The third-order valence-corrected chi connectivity index (χ3v) is 4.58. The van der Waals surface area contributed by atoms with Gasteiger partial charge in [0.2, 0.25) is 5.88 Å². The lowest BCUT2D eigenvalue weighted by Crippen LogP contribution is -2.41. The van der Waals surface area contributed by atoms with Gasteiger partial charge >= 0.3 is 0 Å². The second-order valence-corrected chi connectivity index (χ2v) is 6.45. The molecule has 2 aromatic heterocycles. The van der Waals surface area contributed by atoms with Gasteiger partial charge in [0, 0.05) is 12.4 Å². The number of hydrazine groups is 1. The van der Waals surface area contributed by atoms with E-state index >= 15 is 0 Å². The Bertz CT molecular complexity index is 1060. The van der Waals surface area contributed by atoms with Gasteiger partial charge in [-0.1, -0.05) is 60.7 Å². The van der Waals surface area contributed by atoms with Crippen molar-refractivity contribution >= 4 is 5.91 Å². The Balaban J connectivity index is 1.69. The molecule has 29 heavy (non-hydrogen) atoms. The van der Waals surface area contributed by atoms with Crippen molar-refractivity contribution in [3.05, 3.63) is 102 Å². The summed E-state index contributed by atoms with van der Waals surface area (Å²) in [6.45, 7) is 0. The number of hydrogen-bond donors (Lipinski definition) is 3. The molecule has 7 nitrogen and oxygen atoms in total. The largest absolute Gasteiger partial charge is 0.493 e. The van der Waals surface area contributed by atoms with Crippen LogP contribution in [0.15, 0.2) is 85.2 Å². The molecule has 4 rings (SSSR count). The Labute approximate surface area is 167 Å². The van der Waals surface area contributed by atoms with Crippen molar-refractivity contribution in [3.8, 4) is 17.4 Å². The molecule has 0 aliphatic carbocycles. The van der Waals surface area contributed by atoms with Crippen LogP contribution in [0.5, 0.6) is 5.88 Å². The van der Waals surface area contributed by atoms with Gasteiger partial charge in [-0.3, -0.25) is 9.80 Å². The highest BCUT2D eigenvalue weighted by atomic mass is 16.3. The molecule has 1 amide bonds. The minimum atomic E-state index is -0.585. The van der Waals surface area contributed by atoms with E-state index in [0.29, 0.717) is 5.69 Å². The SMILES string of the molecule is NN(C(=O)c1cnc(-c2ccc[nH]2)nc1O)C(c1ccccc1)c1ccccc1. The monoisotopic (exact) mass is 385 g/mol. The first-order valence-electron chi connectivity index (χ1n) is 9.03. The first-order valence-corrected chi connectivity index (χ1v) is 9.03. The molecule has 7 heteroatoms. The zero-order chi connectivity index (χ0) is 20.2. The Morgan fingerprint density at radius 1 is 0.966 bits per heavy atom. The van der Waals surface area contributed by atoms with Crippen molar-refractivity contribution in [1.29, 1.82) is 0 Å². The number of carbonyl (C=O) groups is 1. The highest BCUT2D eigenvalue weighted by molar-refractivity contribution is 5.96. The quantitative estimate of drug-likeness (QED) is 0.278. The molecular weight excluding hydrogens is 366 g/mol. The number of benzene rings is 2. The van der Waals surface area contributed by atoms with E-state index in [2.05, 4.69) is 15.0 Å². The fourth-order valence-electron chi connectivity index (χ4n) is 3.16. The van der Waals surface area contributed by atoms with Crippen LogP contribution < -0.4 is 5.84 Å². The average Bonchev–Trinajstić information content (AvgIpc) is 3.30. The molecule has 0 aliphatic heterocycles. The van der Waals surface area contributed by atoms with E-state index in [-0.39, 0.29) is 11.4 Å². The number of aromatic amines is 1. The van der Waals surface area contributed by atoms with Gasteiger partial charge < -0.3 is 10.1 Å². The maximum atomic E-state index is 13.1. The minimum absolute atomic E-state index is 0.0698. The predicted octanol–water partition coefficient (Wildman–Crippen LogP) is 3.28. The zero-order valence-corrected chi connectivity index (χ0v) is 15.4. The summed E-state index contributed by atoms with van der Waals surface area (Å²) in [7, 11) is 0. The van der Waals surface area contributed by atoms with Crippen molar-refractivity contribution in [1.82, 2.24) is 20.0 Å². The molecule has 4 N–H and O–H groups in total. The fourth-order valence-corrected chi connectivity index (χ4v) is 3.16. The highest BCUT2D eigenvalue weighted by Gasteiger charge is 2.28. The smallest absolute Gasteiger partial charge is 0.275 e. The summed E-state index contributed by atoms with van der Waals surface area (Å²) in [5.41, 5.74) is 2.26. The average molecular weight is 385 g/mol. The van der Waals surface area contributed by atoms with Gasteiger partial charge in [0.15, 0.2) is 5.82 Å². The van der Waals surface area contributed by atoms with E-state index in [0.717, 1.165) is 16.1 Å². The number of nitrogens with one attached hydrogen (secondary N) is 1. The van der Waals surface area contributed by atoms with Crippen molar-refractivity contribution in [2.24, 2.45) is 5.84 Å². The van der Waals surface area contributed by atoms with E-state index in [1.165, 1.54) is 6.20 Å². The van der Waals surface area contributed by atoms with Crippen molar-refractivity contribution in [2.75, 3.05) is 0 Å². The number of nitrogens with two attached hydrogens (primary N) is 1. The molecule has 0 saturated heterocycles. The predicted molar refractivity (Wildman–Crippen MR) is 109 cm³/mol. The van der Waals surface area contributed by atoms with Gasteiger partial charge in [-0.05, 0) is 23.3 Å². The number of H-pyrrole nitrogens is 1. The Morgan fingerprint density at radius 2 is 1.59 bits per heavy atom. The molecule has 0 radical (unpaired) electrons. The van der Waals surface area contributed by atoms with Gasteiger partial charge in [-0.25, -0.2) is 10.8 Å². The van der Waals surface area contributed by atoms with E-state index in [4.69, 9.17) is 5.84 Å². The first-order chi connectivity index (χ1) is 14.1. The molecule has 0 aliphatic rings. The standard InChI is InChI=1S/C22H19N5O2/c23-27(19(15-8-3-1-4-9-15)16-10-5-2-6-11-16)22(29)17-14-25-20(26-21(17)28)18-12-7-13-24-18/h1-14,19,24H,23H2,(H,25,26,28). The molecule has 0 spiro atoms. The Kier molecular flexibility index (Phi) is 5.05. The Morgan fingerprint density at radius 3 is 2.10 bits per heavy atom. The molecule has 0 bridgehead atoms. The molecule has 144 valence electrons. The molecule has 0 atom stereocenters. The third-order valence-electron chi connectivity index (χ3n) is 4.58. The molecule has 0 saturated carbocycles. The summed E-state index contributed by atoms with van der Waals surface area (Å²) in [4.78, 5) is 24.3. The summed E-state index contributed by atoms with van der Waals surface area (Å²) >= 11 is 0. The van der Waals surface area contributed by atoms with Crippen LogP contribution in [0.25, 0.3) is 11.5 Å². The molecule has 2 aromatic carbocycles. The van der Waals surface area contributed by atoms with Crippen molar-refractivity contribution in [3.63, 3.8) is 0 Å². The number of hydrogen-bond acceptors (Lipinski definition) is 5. The van der Waals surface area contributed by atoms with Crippen LogP contribution in [0.2, 0.25) is 0 Å². The number of amides is 1. The number of aromatic hydroxyl groups is 1. The summed E-state index contributed by atoms with van der Waals surface area (Å²) in [6.07, 6.45) is 3.01. The topological polar surface area (TPSA) is 108 Å². The maximum Gasteiger partial charge on any atom is 0.275 e. The van der Waals surface area contributed by atoms with Crippen LogP contribution in [0.3, 0.4) is 0 Å².